The average molecular weight is 636 g/mol. The molecule has 0 spiro atoms. The van der Waals surface area contributed by atoms with Gasteiger partial charge < -0.3 is 16.2 Å². The third-order valence-corrected chi connectivity index (χ3v) is 11.3. The Morgan fingerprint density at radius 1 is 1.08 bits per heavy atom. The van der Waals surface area contributed by atoms with Crippen LogP contribution < -0.4 is 15.4 Å². The summed E-state index contributed by atoms with van der Waals surface area (Å²) in [5, 5.41) is 13.0. The number of carbonyl (C=O) groups is 2. The van der Waals surface area contributed by atoms with Gasteiger partial charge in [-0.2, -0.15) is 17.5 Å². The van der Waals surface area contributed by atoms with Gasteiger partial charge in [0.25, 0.3) is 0 Å². The fourth-order valence-corrected chi connectivity index (χ4v) is 10.0. The Morgan fingerprint density at radius 2 is 1.64 bits per heavy atom. The van der Waals surface area contributed by atoms with Crippen molar-refractivity contribution >= 4 is 63.3 Å². The highest BCUT2D eigenvalue weighted by atomic mass is 35.5. The minimum Gasteiger partial charge on any atom is -0.378 e. The Hall–Kier alpha value is -1.19. The lowest BCUT2D eigenvalue weighted by molar-refractivity contribution is -0.259. The van der Waals surface area contributed by atoms with Crippen LogP contribution >= 0.6 is 45.8 Å². The summed E-state index contributed by atoms with van der Waals surface area (Å²) in [7, 11) is -4.31. The molecule has 4 bridgehead atoms. The molecule has 6 rings (SSSR count). The second-order valence-corrected chi connectivity index (χ2v) is 14.5. The van der Waals surface area contributed by atoms with E-state index in [1.165, 1.54) is 0 Å². The number of nitrogens with one attached hydrogen (secondary N) is 1. The van der Waals surface area contributed by atoms with Crippen LogP contribution in [0.3, 0.4) is 0 Å². The van der Waals surface area contributed by atoms with Crippen LogP contribution in [0.4, 0.5) is 18.9 Å². The van der Waals surface area contributed by atoms with E-state index in [2.05, 4.69) is 5.32 Å². The van der Waals surface area contributed by atoms with E-state index in [-0.39, 0.29) is 44.5 Å². The first-order valence-electron chi connectivity index (χ1n) is 12.3. The lowest BCUT2D eigenvalue weighted by Gasteiger charge is -2.59. The molecule has 3 atom stereocenters. The van der Waals surface area contributed by atoms with Gasteiger partial charge in [0.2, 0.25) is 11.8 Å². The predicted octanol–water partition coefficient (Wildman–Crippen LogP) is 4.44. The van der Waals surface area contributed by atoms with E-state index in [1.807, 2.05) is 0 Å². The summed E-state index contributed by atoms with van der Waals surface area (Å²) in [6, 6.07) is 1.98. The molecule has 1 aliphatic heterocycles. The SMILES string of the molecule is NC(=O)C12CC3CC(C1)C(NC(=O)CN1CC(O)(C(F)(F)F)CN(c4c(Cl)cc(Cl)cc4Cl)S1(O)O)C(C3)C2. The number of rotatable bonds is 5. The van der Waals surface area contributed by atoms with Gasteiger partial charge in [0.1, 0.15) is 0 Å². The highest BCUT2D eigenvalue weighted by Gasteiger charge is 2.62. The summed E-state index contributed by atoms with van der Waals surface area (Å²) in [6.45, 7) is -3.45. The maximum absolute atomic E-state index is 14.0. The van der Waals surface area contributed by atoms with Gasteiger partial charge in [0.15, 0.2) is 5.60 Å². The molecule has 1 heterocycles. The molecule has 4 saturated carbocycles. The van der Waals surface area contributed by atoms with E-state index in [4.69, 9.17) is 40.5 Å². The smallest absolute Gasteiger partial charge is 0.378 e. The van der Waals surface area contributed by atoms with E-state index >= 15 is 0 Å². The van der Waals surface area contributed by atoms with Crippen LogP contribution in [-0.4, -0.2) is 67.8 Å². The Morgan fingerprint density at radius 3 is 2.15 bits per heavy atom. The normalized spacial score (nSPS) is 36.6. The average Bonchev–Trinajstić information content (AvgIpc) is 2.77. The van der Waals surface area contributed by atoms with Crippen molar-refractivity contribution in [1.82, 2.24) is 9.62 Å². The Labute approximate surface area is 239 Å². The molecule has 5 fully saturated rings. The number of nitrogens with two attached hydrogens (primary N) is 1. The standard InChI is InChI=1S/C23H28Cl3F3N4O5S/c24-14-3-15(25)19(16(26)4-14)33-10-22(36,23(27,28)29)9-32(39(33,37)38)8-17(34)31-18-12-1-11-2-13(18)7-21(5-11,6-12)20(30)35/h3-4,11-13,18,36-38H,1-2,5-10H2,(H2,30,35)(H,31,34). The molecule has 16 heteroatoms. The zero-order valence-electron chi connectivity index (χ0n) is 20.4. The third kappa shape index (κ3) is 4.96. The zero-order chi connectivity index (χ0) is 28.7. The fraction of sp³-hybridized carbons (Fsp3) is 0.652. The molecule has 1 saturated heterocycles. The van der Waals surface area contributed by atoms with Gasteiger partial charge in [-0.15, -0.1) is 0 Å². The van der Waals surface area contributed by atoms with Gasteiger partial charge in [-0.25, -0.2) is 0 Å². The van der Waals surface area contributed by atoms with Gasteiger partial charge in [-0.05, 0) is 73.0 Å². The number of aliphatic hydroxyl groups is 1. The molecule has 1 aromatic rings. The molecule has 39 heavy (non-hydrogen) atoms. The number of primary amides is 1. The van der Waals surface area contributed by atoms with E-state index in [1.54, 1.807) is 0 Å². The predicted molar refractivity (Wildman–Crippen MR) is 141 cm³/mol. The van der Waals surface area contributed by atoms with Gasteiger partial charge in [0.05, 0.1) is 35.4 Å². The van der Waals surface area contributed by atoms with E-state index in [0.29, 0.717) is 27.4 Å². The van der Waals surface area contributed by atoms with Crippen LogP contribution in [0.2, 0.25) is 15.1 Å². The second kappa shape index (κ2) is 9.69. The topological polar surface area (TPSA) is 139 Å². The number of halogens is 6. The molecular weight excluding hydrogens is 608 g/mol. The Kier molecular flexibility index (Phi) is 7.28. The first-order valence-corrected chi connectivity index (χ1v) is 14.9. The van der Waals surface area contributed by atoms with Crippen molar-refractivity contribution in [2.45, 2.75) is 49.9 Å². The molecule has 218 valence electrons. The van der Waals surface area contributed by atoms with Crippen molar-refractivity contribution in [2.24, 2.45) is 28.9 Å². The minimum atomic E-state index is -5.20. The van der Waals surface area contributed by atoms with Crippen molar-refractivity contribution < 1.29 is 37.0 Å². The van der Waals surface area contributed by atoms with Crippen LogP contribution in [0.5, 0.6) is 0 Å². The van der Waals surface area contributed by atoms with Crippen LogP contribution in [0, 0.1) is 23.2 Å². The number of nitrogens with zero attached hydrogens (tertiary/aromatic N) is 2. The molecule has 5 aliphatic rings. The van der Waals surface area contributed by atoms with Crippen LogP contribution in [0.1, 0.15) is 32.1 Å². The largest absolute Gasteiger partial charge is 0.420 e. The maximum Gasteiger partial charge on any atom is 0.420 e. The summed E-state index contributed by atoms with van der Waals surface area (Å²) in [6.07, 6.45) is -1.84. The van der Waals surface area contributed by atoms with Gasteiger partial charge in [0, 0.05) is 16.5 Å². The van der Waals surface area contributed by atoms with Crippen molar-refractivity contribution in [3.63, 3.8) is 0 Å². The zero-order valence-corrected chi connectivity index (χ0v) is 23.5. The van der Waals surface area contributed by atoms with Crippen LogP contribution in [-0.2, 0) is 9.59 Å². The van der Waals surface area contributed by atoms with Gasteiger partial charge in [-0.3, -0.25) is 23.0 Å². The lowest BCUT2D eigenvalue weighted by atomic mass is 9.47. The molecule has 9 nitrogen and oxygen atoms in total. The van der Waals surface area contributed by atoms with E-state index in [0.717, 1.165) is 31.4 Å². The molecule has 0 radical (unpaired) electrons. The number of hydrogen-bond donors (Lipinski definition) is 5. The molecule has 2 amide bonds. The molecule has 1 aromatic carbocycles. The lowest BCUT2D eigenvalue weighted by Crippen LogP contribution is -2.67. The second-order valence-electron chi connectivity index (χ2n) is 11.3. The molecular formula is C23H28Cl3F3N4O5S. The Balaban J connectivity index is 1.40. The number of alkyl halides is 3. The van der Waals surface area contributed by atoms with Crippen molar-refractivity contribution in [2.75, 3.05) is 23.9 Å². The summed E-state index contributed by atoms with van der Waals surface area (Å²) < 4.78 is 65.3. The first kappa shape index (κ1) is 29.3. The first-order chi connectivity index (χ1) is 18.0. The number of anilines is 1. The molecule has 3 unspecified atom stereocenters. The fourth-order valence-electron chi connectivity index (χ4n) is 7.14. The summed E-state index contributed by atoms with van der Waals surface area (Å²) in [4.78, 5) is 25.4. The number of carbonyl (C=O) groups excluding carboxylic acids is 2. The van der Waals surface area contributed by atoms with Gasteiger partial charge in [-0.1, -0.05) is 34.8 Å². The minimum absolute atomic E-state index is 0.0234. The van der Waals surface area contributed by atoms with Crippen molar-refractivity contribution in [1.29, 1.82) is 0 Å². The van der Waals surface area contributed by atoms with Crippen molar-refractivity contribution in [3.05, 3.63) is 27.2 Å². The Bertz CT molecular complexity index is 1170. The summed E-state index contributed by atoms with van der Waals surface area (Å²) in [5.41, 5.74) is 1.27. The monoisotopic (exact) mass is 634 g/mol. The summed E-state index contributed by atoms with van der Waals surface area (Å²) >= 11 is 18.3. The molecule has 4 aliphatic carbocycles. The highest BCUT2D eigenvalue weighted by molar-refractivity contribution is 8.23. The maximum atomic E-state index is 14.0. The number of β-amino-alcohol motifs (C(OH)–C–C–N with tert-alkyl or cyclic N) is 1. The summed E-state index contributed by atoms with van der Waals surface area (Å²) in [5.74, 6) is -0.823. The third-order valence-electron chi connectivity index (χ3n) is 8.69. The van der Waals surface area contributed by atoms with Gasteiger partial charge >= 0.3 is 6.18 Å². The van der Waals surface area contributed by atoms with Crippen LogP contribution in [0.15, 0.2) is 12.1 Å². The number of hydrogen-bond acceptors (Lipinski definition) is 7. The molecule has 6 N–H and O–H groups in total. The quantitative estimate of drug-likeness (QED) is 0.322. The highest BCUT2D eigenvalue weighted by Crippen LogP contribution is 2.61. The van der Waals surface area contributed by atoms with E-state index < -0.39 is 53.7 Å². The number of amides is 2. The molecule has 0 aromatic heterocycles. The number of benzene rings is 1. The van der Waals surface area contributed by atoms with Crippen LogP contribution in [0.25, 0.3) is 0 Å². The van der Waals surface area contributed by atoms with E-state index in [9.17, 15) is 37.0 Å². The van der Waals surface area contributed by atoms with Crippen molar-refractivity contribution in [3.8, 4) is 0 Å².